The largest absolute Gasteiger partial charge is 0.484 e. The number of hydrogen-bond donors (Lipinski definition) is 3. The zero-order valence-electron chi connectivity index (χ0n) is 19.1. The second-order valence-corrected chi connectivity index (χ2v) is 7.97. The lowest BCUT2D eigenvalue weighted by Gasteiger charge is -2.08. The predicted octanol–water partition coefficient (Wildman–Crippen LogP) is 3.47. The minimum atomic E-state index is -0.852. The van der Waals surface area contributed by atoms with Crippen LogP contribution in [-0.2, 0) is 20.8 Å². The molecule has 0 heterocycles. The van der Waals surface area contributed by atoms with Crippen molar-refractivity contribution >= 4 is 41.2 Å². The van der Waals surface area contributed by atoms with E-state index in [-0.39, 0.29) is 12.5 Å². The summed E-state index contributed by atoms with van der Waals surface area (Å²) < 4.78 is 5.48. The van der Waals surface area contributed by atoms with Gasteiger partial charge in [0.2, 0.25) is 0 Å². The summed E-state index contributed by atoms with van der Waals surface area (Å²) in [5.74, 6) is -1.44. The Bertz CT molecular complexity index is 1200. The van der Waals surface area contributed by atoms with Crippen molar-refractivity contribution < 1.29 is 19.1 Å². The van der Waals surface area contributed by atoms with Gasteiger partial charge in [-0.15, -0.1) is 0 Å². The highest BCUT2D eigenvalue weighted by Gasteiger charge is 2.11. The molecule has 3 aromatic carbocycles. The summed E-state index contributed by atoms with van der Waals surface area (Å²) >= 11 is 6.06. The molecule has 9 heteroatoms. The maximum atomic E-state index is 12.1. The monoisotopic (exact) mass is 492 g/mol. The Morgan fingerprint density at radius 2 is 1.71 bits per heavy atom. The van der Waals surface area contributed by atoms with Crippen LogP contribution in [-0.4, -0.2) is 37.1 Å². The zero-order chi connectivity index (χ0) is 25.0. The third kappa shape index (κ3) is 8.60. The summed E-state index contributed by atoms with van der Waals surface area (Å²) in [6.45, 7) is 2.05. The van der Waals surface area contributed by atoms with Crippen molar-refractivity contribution in [1.82, 2.24) is 10.7 Å². The minimum absolute atomic E-state index is 0.172. The molecule has 0 saturated heterocycles. The van der Waals surface area contributed by atoms with Crippen molar-refractivity contribution in [2.45, 2.75) is 13.3 Å². The molecular formula is C26H25ClN4O4. The van der Waals surface area contributed by atoms with Crippen molar-refractivity contribution in [1.29, 1.82) is 0 Å². The fraction of sp³-hybridized carbons (Fsp3) is 0.154. The van der Waals surface area contributed by atoms with Crippen molar-refractivity contribution in [3.63, 3.8) is 0 Å². The fourth-order valence-electron chi connectivity index (χ4n) is 2.93. The first kappa shape index (κ1) is 25.5. The number of nitrogens with one attached hydrogen (secondary N) is 3. The van der Waals surface area contributed by atoms with Crippen LogP contribution in [0, 0.1) is 6.92 Å². The number of halogens is 1. The average molecular weight is 493 g/mol. The molecule has 0 aliphatic carbocycles. The lowest BCUT2D eigenvalue weighted by molar-refractivity contribution is -0.139. The predicted molar refractivity (Wildman–Crippen MR) is 136 cm³/mol. The summed E-state index contributed by atoms with van der Waals surface area (Å²) in [7, 11) is 0. The normalized spacial score (nSPS) is 10.6. The van der Waals surface area contributed by atoms with E-state index in [0.717, 1.165) is 11.1 Å². The number of carbonyl (C=O) groups is 3. The molecule has 3 N–H and O–H groups in total. The third-order valence-electron chi connectivity index (χ3n) is 4.83. The van der Waals surface area contributed by atoms with Crippen molar-refractivity contribution in [3.05, 3.63) is 94.5 Å². The molecule has 0 unspecified atom stereocenters. The van der Waals surface area contributed by atoms with E-state index in [4.69, 9.17) is 16.3 Å². The van der Waals surface area contributed by atoms with Crippen LogP contribution >= 0.6 is 11.6 Å². The molecule has 0 fully saturated rings. The molecule has 0 aromatic heterocycles. The van der Waals surface area contributed by atoms with Crippen LogP contribution in [0.25, 0.3) is 0 Å². The molecule has 0 atom stereocenters. The number of benzene rings is 3. The first-order valence-electron chi connectivity index (χ1n) is 10.8. The van der Waals surface area contributed by atoms with E-state index < -0.39 is 11.8 Å². The van der Waals surface area contributed by atoms with Crippen LogP contribution in [0.1, 0.15) is 16.7 Å². The van der Waals surface area contributed by atoms with E-state index in [1.54, 1.807) is 36.4 Å². The molecule has 0 aliphatic rings. The molecule has 0 bridgehead atoms. The second-order valence-electron chi connectivity index (χ2n) is 7.56. The molecule has 35 heavy (non-hydrogen) atoms. The van der Waals surface area contributed by atoms with Gasteiger partial charge < -0.3 is 15.4 Å². The molecule has 0 radical (unpaired) electrons. The smallest absolute Gasteiger partial charge is 0.329 e. The van der Waals surface area contributed by atoms with Crippen LogP contribution in [0.15, 0.2) is 77.9 Å². The number of amides is 3. The average Bonchev–Trinajstić information content (AvgIpc) is 2.86. The third-order valence-corrected chi connectivity index (χ3v) is 5.24. The first-order chi connectivity index (χ1) is 16.9. The lowest BCUT2D eigenvalue weighted by Crippen LogP contribution is -2.38. The highest BCUT2D eigenvalue weighted by atomic mass is 35.5. The van der Waals surface area contributed by atoms with Gasteiger partial charge in [-0.25, -0.2) is 5.43 Å². The van der Waals surface area contributed by atoms with Crippen LogP contribution in [0.3, 0.4) is 0 Å². The topological polar surface area (TPSA) is 109 Å². The van der Waals surface area contributed by atoms with Crippen LogP contribution in [0.4, 0.5) is 5.69 Å². The number of nitrogens with zero attached hydrogens (tertiary/aromatic N) is 1. The Labute approximate surface area is 208 Å². The maximum Gasteiger partial charge on any atom is 0.329 e. The summed E-state index contributed by atoms with van der Waals surface area (Å²) in [5, 5.41) is 9.63. The van der Waals surface area contributed by atoms with Gasteiger partial charge in [0.05, 0.1) is 6.21 Å². The Morgan fingerprint density at radius 3 is 2.43 bits per heavy atom. The summed E-state index contributed by atoms with van der Waals surface area (Å²) in [4.78, 5) is 35.8. The number of ether oxygens (including phenoxy) is 1. The molecule has 180 valence electrons. The van der Waals surface area contributed by atoms with Gasteiger partial charge in [-0.3, -0.25) is 14.4 Å². The number of aryl methyl sites for hydroxylation is 1. The van der Waals surface area contributed by atoms with Gasteiger partial charge in [0, 0.05) is 17.3 Å². The molecule has 0 saturated carbocycles. The first-order valence-corrected chi connectivity index (χ1v) is 11.2. The van der Waals surface area contributed by atoms with Gasteiger partial charge in [0.15, 0.2) is 6.61 Å². The molecule has 0 spiro atoms. The van der Waals surface area contributed by atoms with Crippen molar-refractivity contribution in [3.8, 4) is 5.75 Å². The van der Waals surface area contributed by atoms with E-state index >= 15 is 0 Å². The van der Waals surface area contributed by atoms with E-state index in [1.807, 2.05) is 43.3 Å². The standard InChI is InChI=1S/C26H25ClN4O4/c1-18-7-10-21(15-23(18)27)30-24(32)17-35-22-11-8-20(9-12-22)16-29-31-26(34)25(33)28-14-13-19-5-3-2-4-6-19/h2-12,15-16H,13-14,17H2,1H3,(H,28,33)(H,30,32)(H,31,34)/b29-16-. The zero-order valence-corrected chi connectivity index (χ0v) is 19.8. The summed E-state index contributed by atoms with van der Waals surface area (Å²) in [5.41, 5.74) is 5.44. The number of hydrazone groups is 1. The number of rotatable bonds is 9. The van der Waals surface area contributed by atoms with E-state index in [1.165, 1.54) is 6.21 Å². The van der Waals surface area contributed by atoms with Crippen LogP contribution < -0.4 is 20.8 Å². The fourth-order valence-corrected chi connectivity index (χ4v) is 3.11. The van der Waals surface area contributed by atoms with Crippen LogP contribution in [0.5, 0.6) is 5.75 Å². The van der Waals surface area contributed by atoms with E-state index in [9.17, 15) is 14.4 Å². The molecule has 8 nitrogen and oxygen atoms in total. The molecule has 3 aromatic rings. The minimum Gasteiger partial charge on any atom is -0.484 e. The maximum absolute atomic E-state index is 12.1. The van der Waals surface area contributed by atoms with E-state index in [0.29, 0.717) is 35.0 Å². The van der Waals surface area contributed by atoms with Gasteiger partial charge in [-0.05, 0) is 66.4 Å². The van der Waals surface area contributed by atoms with Gasteiger partial charge in [0.25, 0.3) is 5.91 Å². The Balaban J connectivity index is 1.37. The second kappa shape index (κ2) is 12.9. The molecule has 3 rings (SSSR count). The lowest BCUT2D eigenvalue weighted by atomic mass is 10.1. The Kier molecular flexibility index (Phi) is 9.39. The van der Waals surface area contributed by atoms with Crippen molar-refractivity contribution in [2.24, 2.45) is 5.10 Å². The van der Waals surface area contributed by atoms with Gasteiger partial charge in [-0.2, -0.15) is 5.10 Å². The summed E-state index contributed by atoms with van der Waals surface area (Å²) in [6.07, 6.45) is 2.02. The van der Waals surface area contributed by atoms with Crippen molar-refractivity contribution in [2.75, 3.05) is 18.5 Å². The number of anilines is 1. The molecule has 3 amide bonds. The number of hydrogen-bond acceptors (Lipinski definition) is 5. The Hall–Kier alpha value is -4.17. The highest BCUT2D eigenvalue weighted by molar-refractivity contribution is 6.35. The summed E-state index contributed by atoms with van der Waals surface area (Å²) in [6, 6.07) is 21.6. The van der Waals surface area contributed by atoms with Crippen LogP contribution in [0.2, 0.25) is 5.02 Å². The van der Waals surface area contributed by atoms with Gasteiger partial charge >= 0.3 is 11.8 Å². The SMILES string of the molecule is Cc1ccc(NC(=O)COc2ccc(/C=N\NC(=O)C(=O)NCCc3ccccc3)cc2)cc1Cl. The Morgan fingerprint density at radius 1 is 0.971 bits per heavy atom. The van der Waals surface area contributed by atoms with E-state index in [2.05, 4.69) is 21.2 Å². The molecular weight excluding hydrogens is 468 g/mol. The van der Waals surface area contributed by atoms with Gasteiger partial charge in [0.1, 0.15) is 5.75 Å². The quantitative estimate of drug-likeness (QED) is 0.241. The highest BCUT2D eigenvalue weighted by Crippen LogP contribution is 2.20. The van der Waals surface area contributed by atoms with Gasteiger partial charge in [-0.1, -0.05) is 48.0 Å². The molecule has 0 aliphatic heterocycles. The number of carbonyl (C=O) groups excluding carboxylic acids is 3.